The molecule has 2 aromatic heterocycles. The number of anilines is 1. The Morgan fingerprint density at radius 1 is 0.800 bits per heavy atom. The topological polar surface area (TPSA) is 162 Å². The first-order chi connectivity index (χ1) is 17.0. The number of carbonyl (C=O) groups excluding carboxylic acids is 1. The SMILES string of the molecule is CCOC(=O)C(COc1ccc(-c2nc(OC)nc(OC)n2)cc1)Nc1nc(OC)nc(OC)n1. The maximum absolute atomic E-state index is 12.5. The van der Waals surface area contributed by atoms with Crippen LogP contribution in [-0.2, 0) is 9.53 Å². The third kappa shape index (κ3) is 6.75. The average molecular weight is 487 g/mol. The molecule has 1 unspecified atom stereocenters. The minimum absolute atomic E-state index is 0.0186. The van der Waals surface area contributed by atoms with E-state index in [0.29, 0.717) is 17.1 Å². The van der Waals surface area contributed by atoms with E-state index in [-0.39, 0.29) is 43.2 Å². The van der Waals surface area contributed by atoms with Gasteiger partial charge in [0.25, 0.3) is 0 Å². The summed E-state index contributed by atoms with van der Waals surface area (Å²) in [6, 6.07) is 6.27. The first-order valence-corrected chi connectivity index (χ1v) is 10.3. The maximum atomic E-state index is 12.5. The van der Waals surface area contributed by atoms with Gasteiger partial charge in [-0.25, -0.2) is 4.79 Å². The van der Waals surface area contributed by atoms with Crippen LogP contribution >= 0.6 is 0 Å². The van der Waals surface area contributed by atoms with Crippen molar-refractivity contribution in [3.63, 3.8) is 0 Å². The number of methoxy groups -OCH3 is 4. The molecule has 1 atom stereocenters. The molecule has 3 rings (SSSR count). The van der Waals surface area contributed by atoms with Gasteiger partial charge in [0.05, 0.1) is 35.0 Å². The van der Waals surface area contributed by atoms with Crippen LogP contribution in [0.1, 0.15) is 6.92 Å². The van der Waals surface area contributed by atoms with E-state index < -0.39 is 12.0 Å². The molecule has 0 saturated carbocycles. The highest BCUT2D eigenvalue weighted by molar-refractivity contribution is 5.78. The van der Waals surface area contributed by atoms with Gasteiger partial charge in [0.15, 0.2) is 11.9 Å². The molecule has 14 nitrogen and oxygen atoms in total. The van der Waals surface area contributed by atoms with Crippen molar-refractivity contribution < 1.29 is 33.2 Å². The largest absolute Gasteiger partial charge is 0.491 e. The number of benzene rings is 1. The van der Waals surface area contributed by atoms with Crippen molar-refractivity contribution in [2.45, 2.75) is 13.0 Å². The summed E-state index contributed by atoms with van der Waals surface area (Å²) in [7, 11) is 5.70. The van der Waals surface area contributed by atoms with Gasteiger partial charge in [0.1, 0.15) is 12.4 Å². The molecule has 0 amide bonds. The van der Waals surface area contributed by atoms with Crippen LogP contribution < -0.4 is 29.0 Å². The number of esters is 1. The molecule has 0 bridgehead atoms. The molecule has 186 valence electrons. The molecule has 3 aromatic rings. The summed E-state index contributed by atoms with van der Waals surface area (Å²) in [4.78, 5) is 37.0. The Bertz CT molecular complexity index is 1090. The van der Waals surface area contributed by atoms with Crippen LogP contribution in [0.15, 0.2) is 24.3 Å². The molecular weight excluding hydrogens is 462 g/mol. The lowest BCUT2D eigenvalue weighted by Gasteiger charge is -2.18. The predicted octanol–water partition coefficient (Wildman–Crippen LogP) is 1.18. The normalized spacial score (nSPS) is 11.2. The van der Waals surface area contributed by atoms with Crippen LogP contribution in [0.4, 0.5) is 5.95 Å². The lowest BCUT2D eigenvalue weighted by Crippen LogP contribution is -2.37. The molecule has 0 aliphatic heterocycles. The Morgan fingerprint density at radius 2 is 1.31 bits per heavy atom. The van der Waals surface area contributed by atoms with Crippen LogP contribution in [0.25, 0.3) is 11.4 Å². The van der Waals surface area contributed by atoms with E-state index in [1.807, 2.05) is 0 Å². The van der Waals surface area contributed by atoms with Crippen molar-refractivity contribution in [3.8, 4) is 41.2 Å². The zero-order valence-corrected chi connectivity index (χ0v) is 19.8. The molecule has 2 heterocycles. The Kier molecular flexibility index (Phi) is 8.70. The van der Waals surface area contributed by atoms with E-state index in [4.69, 9.17) is 28.4 Å². The number of nitrogens with one attached hydrogen (secondary N) is 1. The molecule has 0 saturated heterocycles. The second-order valence-corrected chi connectivity index (χ2v) is 6.55. The minimum atomic E-state index is -0.927. The van der Waals surface area contributed by atoms with Crippen LogP contribution in [-0.4, -0.2) is 83.6 Å². The van der Waals surface area contributed by atoms with Crippen molar-refractivity contribution in [2.24, 2.45) is 0 Å². The van der Waals surface area contributed by atoms with Gasteiger partial charge in [-0.05, 0) is 31.2 Å². The van der Waals surface area contributed by atoms with E-state index in [9.17, 15) is 4.79 Å². The van der Waals surface area contributed by atoms with Crippen LogP contribution in [0.2, 0.25) is 0 Å². The minimum Gasteiger partial charge on any atom is -0.491 e. The van der Waals surface area contributed by atoms with Gasteiger partial charge in [-0.3, -0.25) is 0 Å². The number of hydrogen-bond donors (Lipinski definition) is 1. The van der Waals surface area contributed by atoms with Crippen LogP contribution in [0.5, 0.6) is 29.8 Å². The van der Waals surface area contributed by atoms with Gasteiger partial charge in [0.2, 0.25) is 5.95 Å². The number of rotatable bonds is 12. The smallest absolute Gasteiger partial charge is 0.332 e. The third-order valence-electron chi connectivity index (χ3n) is 4.32. The molecule has 0 radical (unpaired) electrons. The highest BCUT2D eigenvalue weighted by Crippen LogP contribution is 2.23. The second kappa shape index (κ2) is 12.1. The highest BCUT2D eigenvalue weighted by Gasteiger charge is 2.23. The van der Waals surface area contributed by atoms with Crippen LogP contribution in [0.3, 0.4) is 0 Å². The van der Waals surface area contributed by atoms with E-state index in [0.717, 1.165) is 0 Å². The van der Waals surface area contributed by atoms with E-state index in [1.165, 1.54) is 28.4 Å². The Morgan fingerprint density at radius 3 is 1.80 bits per heavy atom. The summed E-state index contributed by atoms with van der Waals surface area (Å²) in [6.45, 7) is 1.81. The van der Waals surface area contributed by atoms with Gasteiger partial charge in [0, 0.05) is 5.56 Å². The van der Waals surface area contributed by atoms with E-state index in [2.05, 4.69) is 35.2 Å². The standard InChI is InChI=1S/C21H25N7O7/c1-6-34-16(29)14(22-17-25-20(32-4)28-21(26-17)33-5)11-35-13-9-7-12(8-10-13)15-23-18(30-2)27-19(24-15)31-3/h7-10,14H,6,11H2,1-5H3,(H,22,25,26,28). The third-order valence-corrected chi connectivity index (χ3v) is 4.32. The summed E-state index contributed by atoms with van der Waals surface area (Å²) in [6.07, 6.45) is 0. The van der Waals surface area contributed by atoms with Crippen molar-refractivity contribution in [3.05, 3.63) is 24.3 Å². The van der Waals surface area contributed by atoms with Crippen molar-refractivity contribution in [2.75, 3.05) is 47.0 Å². The Labute approximate surface area is 201 Å². The monoisotopic (exact) mass is 487 g/mol. The van der Waals surface area contributed by atoms with E-state index >= 15 is 0 Å². The lowest BCUT2D eigenvalue weighted by molar-refractivity contribution is -0.144. The molecule has 0 fully saturated rings. The lowest BCUT2D eigenvalue weighted by atomic mass is 10.2. The van der Waals surface area contributed by atoms with Crippen molar-refractivity contribution in [1.29, 1.82) is 0 Å². The van der Waals surface area contributed by atoms with Crippen molar-refractivity contribution >= 4 is 11.9 Å². The number of aromatic nitrogens is 6. The first kappa shape index (κ1) is 25.1. The Balaban J connectivity index is 1.74. The molecule has 1 N–H and O–H groups in total. The van der Waals surface area contributed by atoms with E-state index in [1.54, 1.807) is 31.2 Å². The molecule has 1 aromatic carbocycles. The molecule has 0 aliphatic carbocycles. The fraction of sp³-hybridized carbons (Fsp3) is 0.381. The number of nitrogens with zero attached hydrogens (tertiary/aromatic N) is 6. The Hall–Kier alpha value is -4.49. The second-order valence-electron chi connectivity index (χ2n) is 6.55. The number of ether oxygens (including phenoxy) is 6. The van der Waals surface area contributed by atoms with Crippen LogP contribution in [0, 0.1) is 0 Å². The summed E-state index contributed by atoms with van der Waals surface area (Å²) >= 11 is 0. The first-order valence-electron chi connectivity index (χ1n) is 10.3. The predicted molar refractivity (Wildman–Crippen MR) is 121 cm³/mol. The number of carbonyl (C=O) groups is 1. The van der Waals surface area contributed by atoms with Crippen molar-refractivity contribution in [1.82, 2.24) is 29.9 Å². The van der Waals surface area contributed by atoms with Gasteiger partial charge < -0.3 is 33.7 Å². The molecular formula is C21H25N7O7. The zero-order valence-electron chi connectivity index (χ0n) is 19.8. The maximum Gasteiger partial charge on any atom is 0.332 e. The summed E-state index contributed by atoms with van der Waals surface area (Å²) < 4.78 is 31.2. The summed E-state index contributed by atoms with van der Waals surface area (Å²) in [5.74, 6) is 0.364. The van der Waals surface area contributed by atoms with Gasteiger partial charge in [-0.1, -0.05) is 0 Å². The summed E-state index contributed by atoms with van der Waals surface area (Å²) in [5, 5.41) is 2.87. The molecule has 35 heavy (non-hydrogen) atoms. The quantitative estimate of drug-likeness (QED) is 0.362. The van der Waals surface area contributed by atoms with Gasteiger partial charge in [-0.15, -0.1) is 9.97 Å². The fourth-order valence-electron chi connectivity index (χ4n) is 2.68. The number of hydrogen-bond acceptors (Lipinski definition) is 14. The molecule has 0 spiro atoms. The summed E-state index contributed by atoms with van der Waals surface area (Å²) in [5.41, 5.74) is 0.681. The highest BCUT2D eigenvalue weighted by atomic mass is 16.5. The fourth-order valence-corrected chi connectivity index (χ4v) is 2.68. The van der Waals surface area contributed by atoms with Gasteiger partial charge in [-0.2, -0.15) is 19.9 Å². The van der Waals surface area contributed by atoms with Gasteiger partial charge >= 0.3 is 30.0 Å². The zero-order chi connectivity index (χ0) is 25.2. The average Bonchev–Trinajstić information content (AvgIpc) is 2.90. The molecule has 0 aliphatic rings. The molecule has 14 heteroatoms.